The van der Waals surface area contributed by atoms with Crippen molar-refractivity contribution in [2.24, 2.45) is 0 Å². The summed E-state index contributed by atoms with van der Waals surface area (Å²) in [7, 11) is 0. The summed E-state index contributed by atoms with van der Waals surface area (Å²) in [6.45, 7) is 6.76. The third kappa shape index (κ3) is 3.70. The number of aryl methyl sites for hydroxylation is 3. The second-order valence-corrected chi connectivity index (χ2v) is 5.28. The lowest BCUT2D eigenvalue weighted by atomic mass is 10.0. The fraction of sp³-hybridized carbons (Fsp3) is 0.278. The minimum Gasteiger partial charge on any atom is -0.385 e. The van der Waals surface area contributed by atoms with Crippen LogP contribution in [0.2, 0.25) is 0 Å². The van der Waals surface area contributed by atoms with E-state index >= 15 is 0 Å². The van der Waals surface area contributed by atoms with Crippen molar-refractivity contribution in [3.8, 4) is 0 Å². The lowest BCUT2D eigenvalue weighted by Gasteiger charge is -2.08. The SMILES string of the molecule is Cc1ccc(NCCC(=O)c2ccc(C)cc2C)cc1. The normalized spacial score (nSPS) is 10.3. The van der Waals surface area contributed by atoms with Crippen LogP contribution in [-0.4, -0.2) is 12.3 Å². The van der Waals surface area contributed by atoms with Crippen LogP contribution < -0.4 is 5.32 Å². The number of nitrogens with one attached hydrogen (secondary N) is 1. The molecule has 2 heteroatoms. The summed E-state index contributed by atoms with van der Waals surface area (Å²) < 4.78 is 0. The molecule has 2 aromatic carbocycles. The van der Waals surface area contributed by atoms with E-state index in [1.807, 2.05) is 38.1 Å². The van der Waals surface area contributed by atoms with Crippen LogP contribution in [0.4, 0.5) is 5.69 Å². The van der Waals surface area contributed by atoms with Crippen molar-refractivity contribution in [3.63, 3.8) is 0 Å². The van der Waals surface area contributed by atoms with Crippen molar-refractivity contribution in [1.82, 2.24) is 0 Å². The average Bonchev–Trinajstić information content (AvgIpc) is 2.41. The molecular formula is C18H21NO. The number of carbonyl (C=O) groups is 1. The summed E-state index contributed by atoms with van der Waals surface area (Å²) in [6.07, 6.45) is 0.512. The second-order valence-electron chi connectivity index (χ2n) is 5.28. The van der Waals surface area contributed by atoms with Crippen molar-refractivity contribution in [2.75, 3.05) is 11.9 Å². The van der Waals surface area contributed by atoms with Crippen molar-refractivity contribution in [3.05, 3.63) is 64.7 Å². The highest BCUT2D eigenvalue weighted by atomic mass is 16.1. The van der Waals surface area contributed by atoms with Crippen LogP contribution in [0.1, 0.15) is 33.5 Å². The van der Waals surface area contributed by atoms with E-state index < -0.39 is 0 Å². The predicted molar refractivity (Wildman–Crippen MR) is 84.5 cm³/mol. The summed E-state index contributed by atoms with van der Waals surface area (Å²) in [5, 5.41) is 3.28. The quantitative estimate of drug-likeness (QED) is 0.818. The molecule has 0 aromatic heterocycles. The van der Waals surface area contributed by atoms with Gasteiger partial charge in [0, 0.05) is 24.2 Å². The van der Waals surface area contributed by atoms with E-state index in [0.717, 1.165) is 16.8 Å². The van der Waals surface area contributed by atoms with E-state index in [1.54, 1.807) is 0 Å². The van der Waals surface area contributed by atoms with Gasteiger partial charge in [0.05, 0.1) is 0 Å². The molecule has 1 N–H and O–H groups in total. The van der Waals surface area contributed by atoms with Gasteiger partial charge in [0.25, 0.3) is 0 Å². The molecule has 0 unspecified atom stereocenters. The standard InChI is InChI=1S/C18H21NO/c1-13-4-7-16(8-5-13)19-11-10-18(20)17-9-6-14(2)12-15(17)3/h4-9,12,19H,10-11H2,1-3H3. The molecule has 0 saturated carbocycles. The van der Waals surface area contributed by atoms with Crippen molar-refractivity contribution in [2.45, 2.75) is 27.2 Å². The summed E-state index contributed by atoms with van der Waals surface area (Å²) in [5.41, 5.74) is 5.38. The molecule has 0 radical (unpaired) electrons. The Balaban J connectivity index is 1.90. The van der Waals surface area contributed by atoms with Crippen LogP contribution in [0.25, 0.3) is 0 Å². The lowest BCUT2D eigenvalue weighted by Crippen LogP contribution is -2.10. The van der Waals surface area contributed by atoms with Crippen LogP contribution in [-0.2, 0) is 0 Å². The predicted octanol–water partition coefficient (Wildman–Crippen LogP) is 4.30. The molecule has 0 amide bonds. The Morgan fingerprint density at radius 1 is 0.950 bits per heavy atom. The molecule has 2 aromatic rings. The zero-order valence-electron chi connectivity index (χ0n) is 12.4. The maximum Gasteiger partial charge on any atom is 0.164 e. The van der Waals surface area contributed by atoms with Gasteiger partial charge in [-0.25, -0.2) is 0 Å². The van der Waals surface area contributed by atoms with E-state index in [2.05, 4.69) is 30.4 Å². The Kier molecular flexibility index (Phi) is 4.57. The number of carbonyl (C=O) groups excluding carboxylic acids is 1. The zero-order chi connectivity index (χ0) is 14.5. The lowest BCUT2D eigenvalue weighted by molar-refractivity contribution is 0.0986. The molecule has 0 fully saturated rings. The number of benzene rings is 2. The molecule has 0 aliphatic carbocycles. The first kappa shape index (κ1) is 14.3. The number of rotatable bonds is 5. The van der Waals surface area contributed by atoms with E-state index in [9.17, 15) is 4.79 Å². The smallest absolute Gasteiger partial charge is 0.164 e. The Bertz CT molecular complexity index is 599. The first-order chi connectivity index (χ1) is 9.56. The highest BCUT2D eigenvalue weighted by molar-refractivity contribution is 5.97. The Labute approximate surface area is 120 Å². The monoisotopic (exact) mass is 267 g/mol. The van der Waals surface area contributed by atoms with Crippen LogP contribution in [0, 0.1) is 20.8 Å². The van der Waals surface area contributed by atoms with Gasteiger partial charge in [0.15, 0.2) is 5.78 Å². The fourth-order valence-corrected chi connectivity index (χ4v) is 2.25. The molecule has 20 heavy (non-hydrogen) atoms. The van der Waals surface area contributed by atoms with Gasteiger partial charge in [0.2, 0.25) is 0 Å². The van der Waals surface area contributed by atoms with Crippen LogP contribution in [0.3, 0.4) is 0 Å². The average molecular weight is 267 g/mol. The number of ketones is 1. The van der Waals surface area contributed by atoms with Gasteiger partial charge in [0.1, 0.15) is 0 Å². The third-order valence-electron chi connectivity index (χ3n) is 3.42. The summed E-state index contributed by atoms with van der Waals surface area (Å²) in [6, 6.07) is 14.2. The second kappa shape index (κ2) is 6.38. The van der Waals surface area contributed by atoms with Crippen LogP contribution in [0.5, 0.6) is 0 Å². The van der Waals surface area contributed by atoms with Gasteiger partial charge < -0.3 is 5.32 Å². The maximum absolute atomic E-state index is 12.2. The van der Waals surface area contributed by atoms with E-state index in [-0.39, 0.29) is 5.78 Å². The molecule has 0 heterocycles. The molecule has 0 atom stereocenters. The molecular weight excluding hydrogens is 246 g/mol. The Morgan fingerprint density at radius 2 is 1.60 bits per heavy atom. The van der Waals surface area contributed by atoms with E-state index in [1.165, 1.54) is 11.1 Å². The summed E-state index contributed by atoms with van der Waals surface area (Å²) in [4.78, 5) is 12.2. The van der Waals surface area contributed by atoms with Gasteiger partial charge in [-0.15, -0.1) is 0 Å². The number of anilines is 1. The van der Waals surface area contributed by atoms with Crippen LogP contribution >= 0.6 is 0 Å². The fourth-order valence-electron chi connectivity index (χ4n) is 2.25. The topological polar surface area (TPSA) is 29.1 Å². The maximum atomic E-state index is 12.2. The van der Waals surface area contributed by atoms with Crippen molar-refractivity contribution >= 4 is 11.5 Å². The Hall–Kier alpha value is -2.09. The molecule has 0 aliphatic heterocycles. The zero-order valence-corrected chi connectivity index (χ0v) is 12.4. The number of hydrogen-bond acceptors (Lipinski definition) is 2. The van der Waals surface area contributed by atoms with Gasteiger partial charge in [-0.3, -0.25) is 4.79 Å². The summed E-state index contributed by atoms with van der Waals surface area (Å²) in [5.74, 6) is 0.196. The van der Waals surface area contributed by atoms with Crippen molar-refractivity contribution < 1.29 is 4.79 Å². The number of Topliss-reactive ketones (excluding diaryl/α,β-unsaturated/α-hetero) is 1. The molecule has 104 valence electrons. The third-order valence-corrected chi connectivity index (χ3v) is 3.42. The minimum absolute atomic E-state index is 0.196. The molecule has 0 aliphatic rings. The largest absolute Gasteiger partial charge is 0.385 e. The minimum atomic E-state index is 0.196. The van der Waals surface area contributed by atoms with E-state index in [0.29, 0.717) is 13.0 Å². The first-order valence-electron chi connectivity index (χ1n) is 6.97. The number of hydrogen-bond donors (Lipinski definition) is 1. The first-order valence-corrected chi connectivity index (χ1v) is 6.97. The van der Waals surface area contributed by atoms with Crippen LogP contribution in [0.15, 0.2) is 42.5 Å². The Morgan fingerprint density at radius 3 is 2.25 bits per heavy atom. The molecule has 2 nitrogen and oxygen atoms in total. The van der Waals surface area contributed by atoms with Gasteiger partial charge in [-0.2, -0.15) is 0 Å². The highest BCUT2D eigenvalue weighted by Gasteiger charge is 2.08. The highest BCUT2D eigenvalue weighted by Crippen LogP contribution is 2.13. The van der Waals surface area contributed by atoms with Gasteiger partial charge in [-0.1, -0.05) is 41.5 Å². The molecule has 0 bridgehead atoms. The van der Waals surface area contributed by atoms with E-state index in [4.69, 9.17) is 0 Å². The van der Waals surface area contributed by atoms with Gasteiger partial charge >= 0.3 is 0 Å². The molecule has 2 rings (SSSR count). The van der Waals surface area contributed by atoms with Gasteiger partial charge in [-0.05, 0) is 38.5 Å². The van der Waals surface area contributed by atoms with Crippen molar-refractivity contribution in [1.29, 1.82) is 0 Å². The molecule has 0 saturated heterocycles. The summed E-state index contributed by atoms with van der Waals surface area (Å²) >= 11 is 0. The molecule has 0 spiro atoms.